The van der Waals surface area contributed by atoms with E-state index in [1.165, 1.54) is 0 Å². The predicted octanol–water partition coefficient (Wildman–Crippen LogP) is 4.19. The standard InChI is InChI=1S/C11H10Cl3NO/c1-5(16)9-10-7(13)3-6(12)4-8(10)15(2)11(9)14/h3-5,16H,1-2H3. The highest BCUT2D eigenvalue weighted by molar-refractivity contribution is 6.40. The van der Waals surface area contributed by atoms with Gasteiger partial charge in [-0.25, -0.2) is 0 Å². The van der Waals surface area contributed by atoms with Crippen molar-refractivity contribution in [2.45, 2.75) is 13.0 Å². The average Bonchev–Trinajstić information content (AvgIpc) is 2.42. The number of hydrogen-bond donors (Lipinski definition) is 1. The van der Waals surface area contributed by atoms with E-state index in [0.717, 1.165) is 10.9 Å². The zero-order chi connectivity index (χ0) is 12.0. The van der Waals surface area contributed by atoms with E-state index >= 15 is 0 Å². The lowest BCUT2D eigenvalue weighted by Crippen LogP contribution is -1.92. The first kappa shape index (κ1) is 12.1. The van der Waals surface area contributed by atoms with Crippen molar-refractivity contribution in [2.24, 2.45) is 7.05 Å². The van der Waals surface area contributed by atoms with E-state index in [4.69, 9.17) is 34.8 Å². The van der Waals surface area contributed by atoms with E-state index in [1.807, 2.05) is 7.05 Å². The molecule has 1 atom stereocenters. The molecule has 1 aromatic heterocycles. The summed E-state index contributed by atoms with van der Waals surface area (Å²) in [6.45, 7) is 1.66. The smallest absolute Gasteiger partial charge is 0.115 e. The summed E-state index contributed by atoms with van der Waals surface area (Å²) in [5.41, 5.74) is 1.46. The minimum Gasteiger partial charge on any atom is -0.389 e. The molecule has 2 rings (SSSR count). The monoisotopic (exact) mass is 277 g/mol. The molecule has 16 heavy (non-hydrogen) atoms. The second-order valence-corrected chi connectivity index (χ2v) is 4.92. The first-order chi connectivity index (χ1) is 7.43. The summed E-state index contributed by atoms with van der Waals surface area (Å²) in [4.78, 5) is 0. The molecule has 0 spiro atoms. The summed E-state index contributed by atoms with van der Waals surface area (Å²) in [5.74, 6) is 0. The van der Waals surface area contributed by atoms with E-state index in [1.54, 1.807) is 23.6 Å². The summed E-state index contributed by atoms with van der Waals surface area (Å²) in [6, 6.07) is 3.42. The zero-order valence-electron chi connectivity index (χ0n) is 8.76. The van der Waals surface area contributed by atoms with E-state index in [0.29, 0.717) is 20.8 Å². The Kier molecular flexibility index (Phi) is 3.10. The quantitative estimate of drug-likeness (QED) is 0.831. The number of nitrogens with zero attached hydrogens (tertiary/aromatic N) is 1. The molecule has 0 radical (unpaired) electrons. The van der Waals surface area contributed by atoms with Crippen molar-refractivity contribution in [3.63, 3.8) is 0 Å². The van der Waals surface area contributed by atoms with Gasteiger partial charge in [-0.05, 0) is 19.1 Å². The minimum absolute atomic E-state index is 0.481. The van der Waals surface area contributed by atoms with Crippen LogP contribution in [0.15, 0.2) is 12.1 Å². The number of benzene rings is 1. The van der Waals surface area contributed by atoms with Crippen LogP contribution in [0, 0.1) is 0 Å². The highest BCUT2D eigenvalue weighted by atomic mass is 35.5. The number of hydrogen-bond acceptors (Lipinski definition) is 1. The number of rotatable bonds is 1. The first-order valence-electron chi connectivity index (χ1n) is 4.74. The fourth-order valence-electron chi connectivity index (χ4n) is 1.86. The number of fused-ring (bicyclic) bond motifs is 1. The SMILES string of the molecule is CC(O)c1c(Cl)n(C)c2cc(Cl)cc(Cl)c12. The van der Waals surface area contributed by atoms with Crippen molar-refractivity contribution in [3.05, 3.63) is 32.9 Å². The van der Waals surface area contributed by atoms with Gasteiger partial charge in [0.15, 0.2) is 0 Å². The third-order valence-electron chi connectivity index (χ3n) is 2.60. The van der Waals surface area contributed by atoms with Crippen molar-refractivity contribution in [2.75, 3.05) is 0 Å². The Morgan fingerprint density at radius 1 is 1.25 bits per heavy atom. The lowest BCUT2D eigenvalue weighted by atomic mass is 10.1. The molecule has 1 aromatic carbocycles. The van der Waals surface area contributed by atoms with Gasteiger partial charge in [0.25, 0.3) is 0 Å². The van der Waals surface area contributed by atoms with Crippen molar-refractivity contribution in [1.29, 1.82) is 0 Å². The number of aliphatic hydroxyl groups is 1. The van der Waals surface area contributed by atoms with E-state index in [9.17, 15) is 5.11 Å². The Morgan fingerprint density at radius 3 is 2.44 bits per heavy atom. The molecule has 0 saturated heterocycles. The summed E-state index contributed by atoms with van der Waals surface area (Å²) in [6.07, 6.45) is -0.671. The van der Waals surface area contributed by atoms with Crippen LogP contribution >= 0.6 is 34.8 Å². The Labute approximate surface area is 108 Å². The number of aryl methyl sites for hydroxylation is 1. The van der Waals surface area contributed by atoms with Gasteiger partial charge in [0.2, 0.25) is 0 Å². The van der Waals surface area contributed by atoms with Gasteiger partial charge in [-0.3, -0.25) is 0 Å². The first-order valence-corrected chi connectivity index (χ1v) is 5.87. The summed E-state index contributed by atoms with van der Waals surface area (Å²) in [5, 5.41) is 12.0. The van der Waals surface area contributed by atoms with Crippen molar-refractivity contribution < 1.29 is 5.11 Å². The molecule has 0 saturated carbocycles. The van der Waals surface area contributed by atoms with Crippen LogP contribution in [0.5, 0.6) is 0 Å². The lowest BCUT2D eigenvalue weighted by Gasteiger charge is -2.04. The molecule has 1 heterocycles. The highest BCUT2D eigenvalue weighted by Crippen LogP contribution is 2.39. The second kappa shape index (κ2) is 4.11. The molecule has 0 aliphatic heterocycles. The third-order valence-corrected chi connectivity index (χ3v) is 3.57. The van der Waals surface area contributed by atoms with Gasteiger partial charge >= 0.3 is 0 Å². The maximum atomic E-state index is 9.72. The molecule has 1 N–H and O–H groups in total. The summed E-state index contributed by atoms with van der Waals surface area (Å²) >= 11 is 18.2. The normalized spacial score (nSPS) is 13.4. The molecule has 0 amide bonds. The number of aliphatic hydroxyl groups excluding tert-OH is 1. The van der Waals surface area contributed by atoms with Crippen molar-refractivity contribution in [3.8, 4) is 0 Å². The van der Waals surface area contributed by atoms with Gasteiger partial charge in [-0.2, -0.15) is 0 Å². The fraction of sp³-hybridized carbons (Fsp3) is 0.273. The Bertz CT molecular complexity index is 560. The van der Waals surface area contributed by atoms with Gasteiger partial charge in [0.05, 0.1) is 16.6 Å². The molecule has 0 bridgehead atoms. The predicted molar refractivity (Wildman–Crippen MR) is 68.6 cm³/mol. The molecule has 2 aromatic rings. The van der Waals surface area contributed by atoms with E-state index in [-0.39, 0.29) is 0 Å². The van der Waals surface area contributed by atoms with Crippen LogP contribution in [-0.2, 0) is 7.05 Å². The fourth-order valence-corrected chi connectivity index (χ4v) is 2.79. The molecule has 2 nitrogen and oxygen atoms in total. The maximum absolute atomic E-state index is 9.72. The maximum Gasteiger partial charge on any atom is 0.115 e. The molecule has 86 valence electrons. The molecular weight excluding hydrogens is 268 g/mol. The van der Waals surface area contributed by atoms with Gasteiger partial charge in [0.1, 0.15) is 5.15 Å². The van der Waals surface area contributed by atoms with Gasteiger partial charge in [-0.15, -0.1) is 0 Å². The van der Waals surface area contributed by atoms with Crippen LogP contribution in [0.25, 0.3) is 10.9 Å². The average molecular weight is 279 g/mol. The van der Waals surface area contributed by atoms with Crippen molar-refractivity contribution >= 4 is 45.7 Å². The molecule has 0 fully saturated rings. The molecule has 0 aliphatic carbocycles. The largest absolute Gasteiger partial charge is 0.389 e. The van der Waals surface area contributed by atoms with Crippen LogP contribution in [0.4, 0.5) is 0 Å². The molecule has 5 heteroatoms. The number of halogens is 3. The lowest BCUT2D eigenvalue weighted by molar-refractivity contribution is 0.201. The molecule has 1 unspecified atom stereocenters. The van der Waals surface area contributed by atoms with Crippen LogP contribution in [0.2, 0.25) is 15.2 Å². The zero-order valence-corrected chi connectivity index (χ0v) is 11.0. The van der Waals surface area contributed by atoms with Gasteiger partial charge < -0.3 is 9.67 Å². The third kappa shape index (κ3) is 1.70. The molecule has 0 aliphatic rings. The minimum atomic E-state index is -0.671. The number of aromatic nitrogens is 1. The van der Waals surface area contributed by atoms with E-state index < -0.39 is 6.10 Å². The van der Waals surface area contributed by atoms with Crippen LogP contribution < -0.4 is 0 Å². The Balaban J connectivity index is 2.96. The highest BCUT2D eigenvalue weighted by Gasteiger charge is 2.20. The Morgan fingerprint density at radius 2 is 1.88 bits per heavy atom. The Hall–Kier alpha value is -0.410. The topological polar surface area (TPSA) is 25.2 Å². The van der Waals surface area contributed by atoms with Crippen molar-refractivity contribution in [1.82, 2.24) is 4.57 Å². The van der Waals surface area contributed by atoms with Gasteiger partial charge in [-0.1, -0.05) is 34.8 Å². The van der Waals surface area contributed by atoms with Crippen LogP contribution in [-0.4, -0.2) is 9.67 Å². The van der Waals surface area contributed by atoms with Crippen LogP contribution in [0.3, 0.4) is 0 Å². The molecular formula is C11H10Cl3NO. The van der Waals surface area contributed by atoms with E-state index in [2.05, 4.69) is 0 Å². The second-order valence-electron chi connectivity index (χ2n) is 3.72. The summed E-state index contributed by atoms with van der Waals surface area (Å²) in [7, 11) is 1.81. The summed E-state index contributed by atoms with van der Waals surface area (Å²) < 4.78 is 1.76. The van der Waals surface area contributed by atoms with Crippen LogP contribution in [0.1, 0.15) is 18.6 Å². The van der Waals surface area contributed by atoms with Gasteiger partial charge in [0, 0.05) is 23.0 Å².